The molecule has 0 aliphatic rings. The van der Waals surface area contributed by atoms with Crippen LogP contribution in [0.25, 0.3) is 6.08 Å². The van der Waals surface area contributed by atoms with Crippen LogP contribution in [0.1, 0.15) is 11.1 Å². The minimum absolute atomic E-state index is 0.151. The molecule has 0 saturated heterocycles. The van der Waals surface area contributed by atoms with E-state index in [-0.39, 0.29) is 12.2 Å². The van der Waals surface area contributed by atoms with E-state index in [9.17, 15) is 10.1 Å². The van der Waals surface area contributed by atoms with E-state index >= 15 is 0 Å². The van der Waals surface area contributed by atoms with Gasteiger partial charge >= 0.3 is 0 Å². The van der Waals surface area contributed by atoms with Crippen LogP contribution in [-0.2, 0) is 11.4 Å². The molecule has 0 aliphatic carbocycles. The number of hydrogen-bond acceptors (Lipinski definition) is 5. The Labute approximate surface area is 222 Å². The second-order valence-corrected chi connectivity index (χ2v) is 8.67. The molecule has 10 heteroatoms. The molecule has 0 radical (unpaired) electrons. The van der Waals surface area contributed by atoms with E-state index in [2.05, 4.69) is 5.32 Å². The van der Waals surface area contributed by atoms with E-state index in [0.29, 0.717) is 48.6 Å². The van der Waals surface area contributed by atoms with Gasteiger partial charge in [-0.05, 0) is 41.5 Å². The molecule has 0 saturated carbocycles. The summed E-state index contributed by atoms with van der Waals surface area (Å²) < 4.78 is 16.2. The lowest BCUT2D eigenvalue weighted by Gasteiger charge is -2.13. The van der Waals surface area contributed by atoms with Crippen LogP contribution in [0.2, 0.25) is 20.1 Å². The molecule has 0 spiro atoms. The van der Waals surface area contributed by atoms with Crippen LogP contribution in [0.15, 0.2) is 54.1 Å². The Hall–Kier alpha value is -3.08. The van der Waals surface area contributed by atoms with Crippen molar-refractivity contribution < 1.29 is 19.0 Å². The highest BCUT2D eigenvalue weighted by atomic mass is 35.5. The molecule has 0 aliphatic heterocycles. The Kier molecular flexibility index (Phi) is 9.13. The number of anilines is 1. The second kappa shape index (κ2) is 12.1. The fourth-order valence-electron chi connectivity index (χ4n) is 2.98. The standard InChI is InChI=1S/C25H18Cl4N2O4/c1-33-23-11-21(24(34-2)10-20(23)29)31-25(32)16(12-30)7-14-4-6-22(19(28)8-14)35-13-15-3-5-17(26)18(27)9-15/h3-11H,13H2,1-2H3,(H,31,32)/b16-7+. The maximum absolute atomic E-state index is 12.8. The lowest BCUT2D eigenvalue weighted by Crippen LogP contribution is -2.14. The SMILES string of the molecule is COc1cc(NC(=O)/C(C#N)=C/c2ccc(OCc3ccc(Cl)c(Cl)c3)c(Cl)c2)c(OC)cc1Cl. The highest BCUT2D eigenvalue weighted by Gasteiger charge is 2.16. The van der Waals surface area contributed by atoms with Crippen molar-refractivity contribution in [3.8, 4) is 23.3 Å². The minimum Gasteiger partial charge on any atom is -0.495 e. The number of carbonyl (C=O) groups excluding carboxylic acids is 1. The van der Waals surface area contributed by atoms with Gasteiger partial charge in [-0.3, -0.25) is 4.79 Å². The normalized spacial score (nSPS) is 10.9. The number of amides is 1. The third-order valence-electron chi connectivity index (χ3n) is 4.73. The number of ether oxygens (including phenoxy) is 3. The van der Waals surface area contributed by atoms with Crippen molar-refractivity contribution in [1.82, 2.24) is 0 Å². The lowest BCUT2D eigenvalue weighted by molar-refractivity contribution is -0.112. The predicted molar refractivity (Wildman–Crippen MR) is 139 cm³/mol. The summed E-state index contributed by atoms with van der Waals surface area (Å²) in [6, 6.07) is 15.0. The van der Waals surface area contributed by atoms with Gasteiger partial charge in [-0.15, -0.1) is 0 Å². The molecule has 3 aromatic carbocycles. The zero-order valence-corrected chi connectivity index (χ0v) is 21.5. The van der Waals surface area contributed by atoms with Crippen molar-refractivity contribution in [2.24, 2.45) is 0 Å². The molecular weight excluding hydrogens is 534 g/mol. The van der Waals surface area contributed by atoms with Crippen molar-refractivity contribution in [1.29, 1.82) is 5.26 Å². The number of rotatable bonds is 8. The van der Waals surface area contributed by atoms with E-state index in [0.717, 1.165) is 5.56 Å². The van der Waals surface area contributed by atoms with E-state index < -0.39 is 5.91 Å². The van der Waals surface area contributed by atoms with E-state index in [1.165, 1.54) is 32.4 Å². The monoisotopic (exact) mass is 550 g/mol. The zero-order valence-electron chi connectivity index (χ0n) is 18.5. The lowest BCUT2D eigenvalue weighted by atomic mass is 10.1. The van der Waals surface area contributed by atoms with Crippen LogP contribution in [0, 0.1) is 11.3 Å². The summed E-state index contributed by atoms with van der Waals surface area (Å²) in [5.41, 5.74) is 1.49. The smallest absolute Gasteiger partial charge is 0.266 e. The van der Waals surface area contributed by atoms with Gasteiger partial charge in [-0.1, -0.05) is 58.5 Å². The molecule has 0 heterocycles. The van der Waals surface area contributed by atoms with Gasteiger partial charge < -0.3 is 19.5 Å². The van der Waals surface area contributed by atoms with Gasteiger partial charge in [-0.2, -0.15) is 5.26 Å². The molecule has 1 amide bonds. The summed E-state index contributed by atoms with van der Waals surface area (Å²) in [5, 5.41) is 13.7. The average Bonchev–Trinajstić information content (AvgIpc) is 2.84. The van der Waals surface area contributed by atoms with Gasteiger partial charge in [0, 0.05) is 12.1 Å². The highest BCUT2D eigenvalue weighted by Crippen LogP contribution is 2.36. The first-order chi connectivity index (χ1) is 16.7. The summed E-state index contributed by atoms with van der Waals surface area (Å²) in [4.78, 5) is 12.8. The van der Waals surface area contributed by atoms with Crippen molar-refractivity contribution in [2.45, 2.75) is 6.61 Å². The topological polar surface area (TPSA) is 80.6 Å². The Morgan fingerprint density at radius 1 is 0.886 bits per heavy atom. The third kappa shape index (κ3) is 6.74. The summed E-state index contributed by atoms with van der Waals surface area (Å²) in [6.07, 6.45) is 1.41. The van der Waals surface area contributed by atoms with Gasteiger partial charge in [0.1, 0.15) is 35.5 Å². The Morgan fingerprint density at radius 3 is 2.23 bits per heavy atom. The van der Waals surface area contributed by atoms with Crippen LogP contribution in [0.3, 0.4) is 0 Å². The Balaban J connectivity index is 1.76. The van der Waals surface area contributed by atoms with Gasteiger partial charge in [0.25, 0.3) is 5.91 Å². The summed E-state index contributed by atoms with van der Waals surface area (Å²) >= 11 is 24.4. The molecule has 0 unspecified atom stereocenters. The number of nitrogens with zero attached hydrogens (tertiary/aromatic N) is 1. The molecule has 0 bridgehead atoms. The average molecular weight is 552 g/mol. The summed E-state index contributed by atoms with van der Waals surface area (Å²) in [7, 11) is 2.88. The van der Waals surface area contributed by atoms with Gasteiger partial charge in [0.2, 0.25) is 0 Å². The van der Waals surface area contributed by atoms with Crippen molar-refractivity contribution >= 4 is 64.1 Å². The van der Waals surface area contributed by atoms with Crippen LogP contribution in [0.5, 0.6) is 17.2 Å². The van der Waals surface area contributed by atoms with Crippen molar-refractivity contribution in [2.75, 3.05) is 19.5 Å². The second-order valence-electron chi connectivity index (χ2n) is 7.04. The Morgan fingerprint density at radius 2 is 1.60 bits per heavy atom. The largest absolute Gasteiger partial charge is 0.495 e. The van der Waals surface area contributed by atoms with Crippen molar-refractivity contribution in [3.63, 3.8) is 0 Å². The fourth-order valence-corrected chi connectivity index (χ4v) is 3.77. The first-order valence-electron chi connectivity index (χ1n) is 9.96. The number of carbonyl (C=O) groups is 1. The third-order valence-corrected chi connectivity index (χ3v) is 6.06. The van der Waals surface area contributed by atoms with Gasteiger partial charge in [0.05, 0.1) is 40.0 Å². The maximum atomic E-state index is 12.8. The number of methoxy groups -OCH3 is 2. The van der Waals surface area contributed by atoms with Crippen LogP contribution < -0.4 is 19.5 Å². The first kappa shape index (κ1) is 26.5. The molecular formula is C25H18Cl4N2O4. The molecule has 0 aromatic heterocycles. The first-order valence-corrected chi connectivity index (χ1v) is 11.5. The van der Waals surface area contributed by atoms with E-state index in [1.54, 1.807) is 36.4 Å². The number of hydrogen-bond donors (Lipinski definition) is 1. The number of nitriles is 1. The summed E-state index contributed by atoms with van der Waals surface area (Å²) in [5.74, 6) is 0.434. The number of nitrogens with one attached hydrogen (secondary N) is 1. The van der Waals surface area contributed by atoms with Crippen LogP contribution >= 0.6 is 46.4 Å². The predicted octanol–water partition coefficient (Wildman–Crippen LogP) is 7.44. The fraction of sp³-hybridized carbons (Fsp3) is 0.120. The van der Waals surface area contributed by atoms with E-state index in [1.807, 2.05) is 6.07 Å². The molecule has 35 heavy (non-hydrogen) atoms. The minimum atomic E-state index is -0.647. The summed E-state index contributed by atoms with van der Waals surface area (Å²) in [6.45, 7) is 0.226. The molecule has 6 nitrogen and oxygen atoms in total. The molecule has 0 atom stereocenters. The Bertz CT molecular complexity index is 1340. The van der Waals surface area contributed by atoms with Gasteiger partial charge in [0.15, 0.2) is 0 Å². The van der Waals surface area contributed by atoms with Crippen LogP contribution in [-0.4, -0.2) is 20.1 Å². The number of benzene rings is 3. The van der Waals surface area contributed by atoms with Crippen molar-refractivity contribution in [3.05, 3.63) is 85.3 Å². The van der Waals surface area contributed by atoms with Crippen LogP contribution in [0.4, 0.5) is 5.69 Å². The zero-order chi connectivity index (χ0) is 25.5. The molecule has 3 rings (SSSR count). The van der Waals surface area contributed by atoms with E-state index in [4.69, 9.17) is 60.6 Å². The molecule has 180 valence electrons. The van der Waals surface area contributed by atoms with Gasteiger partial charge in [-0.25, -0.2) is 0 Å². The quantitative estimate of drug-likeness (QED) is 0.232. The maximum Gasteiger partial charge on any atom is 0.266 e. The highest BCUT2D eigenvalue weighted by molar-refractivity contribution is 6.42. The molecule has 0 fully saturated rings. The number of halogens is 4. The molecule has 3 aromatic rings. The molecule has 1 N–H and O–H groups in total.